The molecular formula is C16H10N2O2. The molecule has 0 saturated carbocycles. The molecule has 2 aromatic heterocycles. The van der Waals surface area contributed by atoms with Gasteiger partial charge in [-0.1, -0.05) is 24.3 Å². The SMILES string of the molecule is Cc1cccc2c1C(=O)C(=O)c1c-2nc2ccccn12. The first-order valence-electron chi connectivity index (χ1n) is 6.34. The maximum Gasteiger partial charge on any atom is 0.252 e. The number of Topliss-reactive ketones (excluding diaryl/α,β-unsaturated/α-hetero) is 2. The maximum atomic E-state index is 12.4. The quantitative estimate of drug-likeness (QED) is 0.585. The van der Waals surface area contributed by atoms with Gasteiger partial charge in [0.2, 0.25) is 5.78 Å². The number of aryl methyl sites for hydroxylation is 1. The first-order chi connectivity index (χ1) is 9.68. The van der Waals surface area contributed by atoms with Gasteiger partial charge in [0.05, 0.1) is 0 Å². The Bertz CT molecular complexity index is 906. The van der Waals surface area contributed by atoms with Crippen LogP contribution in [0.1, 0.15) is 26.4 Å². The molecule has 1 aromatic carbocycles. The van der Waals surface area contributed by atoms with Crippen molar-refractivity contribution in [2.45, 2.75) is 6.92 Å². The van der Waals surface area contributed by atoms with E-state index in [0.717, 1.165) is 11.1 Å². The zero-order chi connectivity index (χ0) is 13.9. The van der Waals surface area contributed by atoms with Gasteiger partial charge in [-0.2, -0.15) is 0 Å². The number of benzene rings is 1. The second kappa shape index (κ2) is 3.63. The summed E-state index contributed by atoms with van der Waals surface area (Å²) in [6.45, 7) is 1.84. The molecule has 20 heavy (non-hydrogen) atoms. The number of hydrogen-bond acceptors (Lipinski definition) is 3. The lowest BCUT2D eigenvalue weighted by Gasteiger charge is -2.15. The van der Waals surface area contributed by atoms with Crippen LogP contribution in [0.15, 0.2) is 42.6 Å². The lowest BCUT2D eigenvalue weighted by molar-refractivity contribution is 0.0811. The molecule has 0 N–H and O–H groups in total. The average Bonchev–Trinajstić information content (AvgIpc) is 2.84. The number of nitrogens with zero attached hydrogens (tertiary/aromatic N) is 2. The van der Waals surface area contributed by atoms with Crippen LogP contribution in [0.2, 0.25) is 0 Å². The lowest BCUT2D eigenvalue weighted by atomic mass is 9.87. The number of imidazole rings is 1. The highest BCUT2D eigenvalue weighted by atomic mass is 16.2. The van der Waals surface area contributed by atoms with E-state index in [0.29, 0.717) is 22.6 Å². The molecule has 0 radical (unpaired) electrons. The van der Waals surface area contributed by atoms with Gasteiger partial charge in [-0.15, -0.1) is 0 Å². The summed E-state index contributed by atoms with van der Waals surface area (Å²) in [5.74, 6) is -0.934. The van der Waals surface area contributed by atoms with E-state index in [1.165, 1.54) is 0 Å². The summed E-state index contributed by atoms with van der Waals surface area (Å²) in [4.78, 5) is 29.3. The summed E-state index contributed by atoms with van der Waals surface area (Å²) < 4.78 is 1.68. The molecule has 0 amide bonds. The summed E-state index contributed by atoms with van der Waals surface area (Å²) in [5, 5.41) is 0. The molecule has 0 aliphatic heterocycles. The molecule has 0 unspecified atom stereocenters. The fourth-order valence-corrected chi connectivity index (χ4v) is 2.79. The van der Waals surface area contributed by atoms with E-state index in [1.54, 1.807) is 10.6 Å². The van der Waals surface area contributed by atoms with Gasteiger partial charge < -0.3 is 0 Å². The van der Waals surface area contributed by atoms with Gasteiger partial charge in [0, 0.05) is 17.3 Å². The minimum absolute atomic E-state index is 0.365. The Kier molecular flexibility index (Phi) is 2.02. The molecule has 0 spiro atoms. The van der Waals surface area contributed by atoms with E-state index in [2.05, 4.69) is 4.98 Å². The van der Waals surface area contributed by atoms with Crippen LogP contribution in [0.3, 0.4) is 0 Å². The van der Waals surface area contributed by atoms with Crippen LogP contribution in [-0.4, -0.2) is 21.0 Å². The topological polar surface area (TPSA) is 51.4 Å². The summed E-state index contributed by atoms with van der Waals surface area (Å²) in [7, 11) is 0. The molecule has 4 nitrogen and oxygen atoms in total. The molecule has 4 rings (SSSR count). The highest BCUT2D eigenvalue weighted by Crippen LogP contribution is 2.34. The first kappa shape index (κ1) is 11.1. The van der Waals surface area contributed by atoms with Crippen LogP contribution in [0.5, 0.6) is 0 Å². The molecule has 1 aliphatic rings. The predicted octanol–water partition coefficient (Wildman–Crippen LogP) is 2.69. The van der Waals surface area contributed by atoms with Crippen molar-refractivity contribution in [2.75, 3.05) is 0 Å². The first-order valence-corrected chi connectivity index (χ1v) is 6.34. The van der Waals surface area contributed by atoms with Crippen LogP contribution in [0.25, 0.3) is 16.9 Å². The molecule has 1 aliphatic carbocycles. The summed E-state index contributed by atoms with van der Waals surface area (Å²) in [6, 6.07) is 11.1. The van der Waals surface area contributed by atoms with Gasteiger partial charge in [-0.25, -0.2) is 4.98 Å². The molecular weight excluding hydrogens is 252 g/mol. The van der Waals surface area contributed by atoms with Crippen molar-refractivity contribution in [2.24, 2.45) is 0 Å². The van der Waals surface area contributed by atoms with Gasteiger partial charge in [0.1, 0.15) is 17.0 Å². The molecule has 0 fully saturated rings. The van der Waals surface area contributed by atoms with Crippen LogP contribution in [0, 0.1) is 6.92 Å². The van der Waals surface area contributed by atoms with Crippen molar-refractivity contribution < 1.29 is 9.59 Å². The van der Waals surface area contributed by atoms with Gasteiger partial charge in [0.25, 0.3) is 5.78 Å². The van der Waals surface area contributed by atoms with E-state index in [1.807, 2.05) is 43.3 Å². The summed E-state index contributed by atoms with van der Waals surface area (Å²) in [6.07, 6.45) is 1.76. The zero-order valence-electron chi connectivity index (χ0n) is 10.8. The minimum atomic E-state index is -0.486. The lowest BCUT2D eigenvalue weighted by Crippen LogP contribution is -2.23. The third-order valence-electron chi connectivity index (χ3n) is 3.71. The highest BCUT2D eigenvalue weighted by molar-refractivity contribution is 6.52. The summed E-state index contributed by atoms with van der Waals surface area (Å²) >= 11 is 0. The maximum absolute atomic E-state index is 12.4. The number of carbonyl (C=O) groups excluding carboxylic acids is 2. The van der Waals surface area contributed by atoms with Crippen LogP contribution >= 0.6 is 0 Å². The van der Waals surface area contributed by atoms with Gasteiger partial charge in [-0.3, -0.25) is 14.0 Å². The largest absolute Gasteiger partial charge is 0.296 e. The van der Waals surface area contributed by atoms with E-state index in [9.17, 15) is 9.59 Å². The number of rotatable bonds is 0. The molecule has 2 heterocycles. The summed E-state index contributed by atoms with van der Waals surface area (Å²) in [5.41, 5.74) is 3.67. The van der Waals surface area contributed by atoms with Crippen molar-refractivity contribution in [1.82, 2.24) is 9.38 Å². The number of carbonyl (C=O) groups is 2. The predicted molar refractivity (Wildman–Crippen MR) is 74.0 cm³/mol. The minimum Gasteiger partial charge on any atom is -0.296 e. The van der Waals surface area contributed by atoms with Crippen molar-refractivity contribution in [3.63, 3.8) is 0 Å². The zero-order valence-corrected chi connectivity index (χ0v) is 10.8. The Hall–Kier alpha value is -2.75. The normalized spacial score (nSPS) is 13.4. The number of ketones is 2. The van der Waals surface area contributed by atoms with Gasteiger partial charge in [-0.05, 0) is 24.6 Å². The Morgan fingerprint density at radius 3 is 2.70 bits per heavy atom. The molecule has 96 valence electrons. The fraction of sp³-hybridized carbons (Fsp3) is 0.0625. The molecule has 0 bridgehead atoms. The second-order valence-corrected chi connectivity index (χ2v) is 4.89. The average molecular weight is 262 g/mol. The number of hydrogen-bond donors (Lipinski definition) is 0. The van der Waals surface area contributed by atoms with Crippen molar-refractivity contribution in [3.8, 4) is 11.3 Å². The number of fused-ring (bicyclic) bond motifs is 5. The Morgan fingerprint density at radius 2 is 1.85 bits per heavy atom. The van der Waals surface area contributed by atoms with Crippen LogP contribution < -0.4 is 0 Å². The standard InChI is InChI=1S/C16H10N2O2/c1-9-5-4-6-10-12(9)15(19)16(20)14-13(10)17-11-7-2-3-8-18(11)14/h2-8H,1H3. The van der Waals surface area contributed by atoms with E-state index >= 15 is 0 Å². The Morgan fingerprint density at radius 1 is 1.00 bits per heavy atom. The van der Waals surface area contributed by atoms with Gasteiger partial charge in [0.15, 0.2) is 0 Å². The third kappa shape index (κ3) is 1.23. The van der Waals surface area contributed by atoms with Crippen molar-refractivity contribution >= 4 is 17.2 Å². The van der Waals surface area contributed by atoms with Crippen molar-refractivity contribution in [1.29, 1.82) is 0 Å². The second-order valence-electron chi connectivity index (χ2n) is 4.89. The molecule has 0 atom stereocenters. The van der Waals surface area contributed by atoms with Crippen LogP contribution in [-0.2, 0) is 0 Å². The van der Waals surface area contributed by atoms with E-state index < -0.39 is 11.6 Å². The highest BCUT2D eigenvalue weighted by Gasteiger charge is 2.35. The van der Waals surface area contributed by atoms with Crippen molar-refractivity contribution in [3.05, 3.63) is 59.4 Å². The Balaban J connectivity index is 2.20. The van der Waals surface area contributed by atoms with Crippen LogP contribution in [0.4, 0.5) is 0 Å². The van der Waals surface area contributed by atoms with E-state index in [-0.39, 0.29) is 0 Å². The smallest absolute Gasteiger partial charge is 0.252 e. The Labute approximate surface area is 114 Å². The monoisotopic (exact) mass is 262 g/mol. The molecule has 3 aromatic rings. The molecule has 4 heteroatoms. The third-order valence-corrected chi connectivity index (χ3v) is 3.71. The van der Waals surface area contributed by atoms with Gasteiger partial charge >= 0.3 is 0 Å². The number of pyridine rings is 1. The fourth-order valence-electron chi connectivity index (χ4n) is 2.79. The van der Waals surface area contributed by atoms with E-state index in [4.69, 9.17) is 0 Å². The number of aromatic nitrogens is 2. The molecule has 0 saturated heterocycles.